The van der Waals surface area contributed by atoms with Crippen molar-refractivity contribution in [1.29, 1.82) is 0 Å². The average molecular weight is 283 g/mol. The molecule has 0 spiro atoms. The summed E-state index contributed by atoms with van der Waals surface area (Å²) in [6.45, 7) is 3.15. The molecule has 2 saturated heterocycles. The summed E-state index contributed by atoms with van der Waals surface area (Å²) in [4.78, 5) is 2.27. The summed E-state index contributed by atoms with van der Waals surface area (Å²) in [7, 11) is 0. The smallest absolute Gasteiger partial charge is 0.165 e. The Morgan fingerprint density at radius 3 is 2.63 bits per heavy atom. The zero-order chi connectivity index (χ0) is 13.4. The summed E-state index contributed by atoms with van der Waals surface area (Å²) < 4.78 is 14.2. The van der Waals surface area contributed by atoms with Crippen LogP contribution in [0.15, 0.2) is 18.2 Å². The van der Waals surface area contributed by atoms with E-state index < -0.39 is 0 Å². The first-order chi connectivity index (χ1) is 9.20. The van der Waals surface area contributed by atoms with E-state index in [2.05, 4.69) is 17.1 Å². The van der Waals surface area contributed by atoms with Gasteiger partial charge in [-0.1, -0.05) is 24.6 Å². The quantitative estimate of drug-likeness (QED) is 0.911. The van der Waals surface area contributed by atoms with Crippen LogP contribution in [0.1, 0.15) is 32.6 Å². The average Bonchev–Trinajstić information content (AvgIpc) is 2.65. The Morgan fingerprint density at radius 2 is 2.00 bits per heavy atom. The van der Waals surface area contributed by atoms with Crippen molar-refractivity contribution in [2.75, 3.05) is 11.4 Å². The van der Waals surface area contributed by atoms with Crippen LogP contribution in [0.4, 0.5) is 10.1 Å². The molecule has 0 saturated carbocycles. The molecule has 104 valence electrons. The third-order valence-electron chi connectivity index (χ3n) is 4.44. The normalized spacial score (nSPS) is 29.8. The lowest BCUT2D eigenvalue weighted by atomic mass is 9.96. The van der Waals surface area contributed by atoms with E-state index in [1.54, 1.807) is 6.07 Å². The zero-order valence-electron chi connectivity index (χ0n) is 11.2. The number of piperidine rings is 1. The Kier molecular flexibility index (Phi) is 3.68. The molecule has 1 N–H and O–H groups in total. The largest absolute Gasteiger partial charge is 0.363 e. The number of rotatable bonds is 3. The molecule has 2 bridgehead atoms. The van der Waals surface area contributed by atoms with Crippen LogP contribution in [0.25, 0.3) is 0 Å². The van der Waals surface area contributed by atoms with Crippen molar-refractivity contribution in [2.24, 2.45) is 0 Å². The van der Waals surface area contributed by atoms with Crippen LogP contribution in [-0.2, 0) is 0 Å². The van der Waals surface area contributed by atoms with Gasteiger partial charge in [0.2, 0.25) is 0 Å². The van der Waals surface area contributed by atoms with Crippen molar-refractivity contribution in [1.82, 2.24) is 5.32 Å². The van der Waals surface area contributed by atoms with Crippen LogP contribution in [0.5, 0.6) is 0 Å². The van der Waals surface area contributed by atoms with Gasteiger partial charge in [-0.25, -0.2) is 4.39 Å². The van der Waals surface area contributed by atoms with E-state index in [9.17, 15) is 4.39 Å². The van der Waals surface area contributed by atoms with E-state index in [1.165, 1.54) is 12.8 Å². The number of hydrogen-bond donors (Lipinski definition) is 1. The fourth-order valence-electron chi connectivity index (χ4n) is 3.72. The van der Waals surface area contributed by atoms with Crippen LogP contribution >= 0.6 is 11.6 Å². The summed E-state index contributed by atoms with van der Waals surface area (Å²) in [5.41, 5.74) is 0.690. The van der Waals surface area contributed by atoms with Crippen molar-refractivity contribution >= 4 is 17.3 Å². The molecule has 0 amide bonds. The van der Waals surface area contributed by atoms with Crippen LogP contribution in [0, 0.1) is 5.82 Å². The molecule has 2 fully saturated rings. The highest BCUT2D eigenvalue weighted by molar-refractivity contribution is 6.31. The van der Waals surface area contributed by atoms with Crippen molar-refractivity contribution in [3.63, 3.8) is 0 Å². The van der Waals surface area contributed by atoms with Crippen LogP contribution in [-0.4, -0.2) is 24.7 Å². The van der Waals surface area contributed by atoms with E-state index in [0.717, 1.165) is 19.4 Å². The molecule has 1 aromatic carbocycles. The summed E-state index contributed by atoms with van der Waals surface area (Å²) in [5, 5.41) is 3.76. The maximum absolute atomic E-state index is 14.2. The highest BCUT2D eigenvalue weighted by Gasteiger charge is 2.41. The zero-order valence-corrected chi connectivity index (χ0v) is 12.0. The monoisotopic (exact) mass is 282 g/mol. The molecule has 2 aliphatic rings. The van der Waals surface area contributed by atoms with Crippen LogP contribution in [0.3, 0.4) is 0 Å². The lowest BCUT2D eigenvalue weighted by molar-refractivity contribution is 0.359. The molecule has 0 aliphatic carbocycles. The van der Waals surface area contributed by atoms with Gasteiger partial charge in [-0.15, -0.1) is 0 Å². The lowest BCUT2D eigenvalue weighted by Crippen LogP contribution is -2.49. The molecule has 1 aromatic rings. The van der Waals surface area contributed by atoms with Gasteiger partial charge < -0.3 is 10.2 Å². The Balaban J connectivity index is 1.85. The number of fused-ring (bicyclic) bond motifs is 2. The number of benzene rings is 1. The molecule has 0 aromatic heterocycles. The Labute approximate surface area is 118 Å². The number of hydrogen-bond acceptors (Lipinski definition) is 2. The maximum Gasteiger partial charge on any atom is 0.165 e. The van der Waals surface area contributed by atoms with Gasteiger partial charge in [0.1, 0.15) is 0 Å². The third kappa shape index (κ3) is 2.34. The van der Waals surface area contributed by atoms with E-state index in [-0.39, 0.29) is 10.8 Å². The summed E-state index contributed by atoms with van der Waals surface area (Å²) in [5.74, 6) is -0.261. The Hall–Kier alpha value is -0.800. The van der Waals surface area contributed by atoms with Crippen molar-refractivity contribution < 1.29 is 4.39 Å². The molecular formula is C15H20ClFN2. The topological polar surface area (TPSA) is 15.3 Å². The van der Waals surface area contributed by atoms with Gasteiger partial charge in [0.05, 0.1) is 10.7 Å². The predicted molar refractivity (Wildman–Crippen MR) is 77.4 cm³/mol. The molecule has 0 radical (unpaired) electrons. The van der Waals surface area contributed by atoms with E-state index >= 15 is 0 Å². The molecule has 2 heterocycles. The maximum atomic E-state index is 14.2. The van der Waals surface area contributed by atoms with Gasteiger partial charge in [-0.3, -0.25) is 0 Å². The number of nitrogens with one attached hydrogen (secondary N) is 1. The first-order valence-corrected chi connectivity index (χ1v) is 7.54. The summed E-state index contributed by atoms with van der Waals surface area (Å²) >= 11 is 5.91. The highest BCUT2D eigenvalue weighted by Crippen LogP contribution is 2.41. The Bertz CT molecular complexity index is 451. The second-order valence-corrected chi connectivity index (χ2v) is 6.00. The molecule has 2 unspecified atom stereocenters. The van der Waals surface area contributed by atoms with E-state index in [4.69, 9.17) is 11.6 Å². The number of halogens is 2. The fourth-order valence-corrected chi connectivity index (χ4v) is 3.89. The van der Waals surface area contributed by atoms with Gasteiger partial charge in [0.25, 0.3) is 0 Å². The van der Waals surface area contributed by atoms with Crippen molar-refractivity contribution in [3.8, 4) is 0 Å². The van der Waals surface area contributed by atoms with E-state index in [0.29, 0.717) is 23.8 Å². The number of anilines is 1. The highest BCUT2D eigenvalue weighted by atomic mass is 35.5. The summed E-state index contributed by atoms with van der Waals surface area (Å²) in [6, 6.07) is 6.82. The molecule has 2 atom stereocenters. The van der Waals surface area contributed by atoms with Gasteiger partial charge in [-0.05, 0) is 44.4 Å². The van der Waals surface area contributed by atoms with Crippen LogP contribution < -0.4 is 10.2 Å². The molecule has 2 nitrogen and oxygen atoms in total. The second-order valence-electron chi connectivity index (χ2n) is 5.59. The fraction of sp³-hybridized carbons (Fsp3) is 0.600. The predicted octanol–water partition coefficient (Wildman–Crippen LogP) is 3.59. The third-order valence-corrected chi connectivity index (χ3v) is 4.73. The van der Waals surface area contributed by atoms with Crippen LogP contribution in [0.2, 0.25) is 5.02 Å². The van der Waals surface area contributed by atoms with Gasteiger partial charge >= 0.3 is 0 Å². The van der Waals surface area contributed by atoms with Gasteiger partial charge in [-0.2, -0.15) is 0 Å². The van der Waals surface area contributed by atoms with E-state index in [1.807, 2.05) is 12.1 Å². The first kappa shape index (κ1) is 13.2. The molecule has 2 aliphatic heterocycles. The van der Waals surface area contributed by atoms with Gasteiger partial charge in [0.15, 0.2) is 5.82 Å². The molecule has 3 rings (SSSR count). The summed E-state index contributed by atoms with van der Waals surface area (Å²) in [6.07, 6.45) is 4.55. The lowest BCUT2D eigenvalue weighted by Gasteiger charge is -2.41. The number of nitrogens with zero attached hydrogens (tertiary/aromatic N) is 1. The molecule has 19 heavy (non-hydrogen) atoms. The van der Waals surface area contributed by atoms with Gasteiger partial charge in [0, 0.05) is 18.1 Å². The SMILES string of the molecule is CCNC1CC2CCC(C1)N2c1cccc(Cl)c1F. The minimum absolute atomic E-state index is 0.228. The Morgan fingerprint density at radius 1 is 1.32 bits per heavy atom. The van der Waals surface area contributed by atoms with Crippen molar-refractivity contribution in [3.05, 3.63) is 29.0 Å². The minimum Gasteiger partial charge on any atom is -0.363 e. The molecule has 4 heteroatoms. The second kappa shape index (κ2) is 5.29. The van der Waals surface area contributed by atoms with Crippen molar-refractivity contribution in [2.45, 2.75) is 50.7 Å². The standard InChI is InChI=1S/C15H20ClFN2/c1-2-18-10-8-11-6-7-12(9-10)19(11)14-5-3-4-13(16)15(14)17/h3-5,10-12,18H,2,6-9H2,1H3. The minimum atomic E-state index is -0.261. The molecular weight excluding hydrogens is 263 g/mol. The first-order valence-electron chi connectivity index (χ1n) is 7.16.